The van der Waals surface area contributed by atoms with Crippen LogP contribution in [0.25, 0.3) is 0 Å². The van der Waals surface area contributed by atoms with E-state index in [4.69, 9.17) is 0 Å². The van der Waals surface area contributed by atoms with E-state index >= 15 is 0 Å². The first-order chi connectivity index (χ1) is 12.5. The Morgan fingerprint density at radius 2 is 1.88 bits per heavy atom. The first kappa shape index (κ1) is 19.3. The summed E-state index contributed by atoms with van der Waals surface area (Å²) in [6, 6.07) is 15.0. The van der Waals surface area contributed by atoms with E-state index in [1.165, 1.54) is 18.2 Å². The topological polar surface area (TPSA) is 53.9 Å². The van der Waals surface area contributed by atoms with E-state index in [2.05, 4.69) is 11.9 Å². The Labute approximate surface area is 152 Å². The smallest absolute Gasteiger partial charge is 0.282 e. The summed E-state index contributed by atoms with van der Waals surface area (Å²) in [4.78, 5) is 27.0. The quantitative estimate of drug-likeness (QED) is 0.705. The van der Waals surface area contributed by atoms with Gasteiger partial charge in [0.1, 0.15) is 5.82 Å². The summed E-state index contributed by atoms with van der Waals surface area (Å²) in [5.74, 6) is -0.801. The highest BCUT2D eigenvalue weighted by Crippen LogP contribution is 2.12. The van der Waals surface area contributed by atoms with Crippen LogP contribution in [0.3, 0.4) is 0 Å². The minimum Gasteiger partial charge on any atom is -0.322 e. The number of benzene rings is 2. The van der Waals surface area contributed by atoms with Crippen LogP contribution in [0.15, 0.2) is 67.3 Å². The van der Waals surface area contributed by atoms with Crippen molar-refractivity contribution in [2.24, 2.45) is 0 Å². The van der Waals surface area contributed by atoms with Gasteiger partial charge in [0.2, 0.25) is 0 Å². The number of quaternary nitrogens is 1. The SMILES string of the molecule is C=CCN(C(=O)C[NH+](C)CC(=O)Nc1cccc(F)c1)c1ccccc1. The second-order valence-corrected chi connectivity index (χ2v) is 6.00. The Morgan fingerprint density at radius 1 is 1.15 bits per heavy atom. The molecule has 2 amide bonds. The maximum absolute atomic E-state index is 13.2. The van der Waals surface area contributed by atoms with Gasteiger partial charge in [-0.15, -0.1) is 6.58 Å². The Hall–Kier alpha value is -2.99. The van der Waals surface area contributed by atoms with Crippen LogP contribution in [0.1, 0.15) is 0 Å². The molecular formula is C20H23FN3O2+. The van der Waals surface area contributed by atoms with Crippen molar-refractivity contribution in [1.29, 1.82) is 0 Å². The largest absolute Gasteiger partial charge is 0.322 e. The van der Waals surface area contributed by atoms with Crippen molar-refractivity contribution in [1.82, 2.24) is 0 Å². The van der Waals surface area contributed by atoms with Crippen LogP contribution in [0.4, 0.5) is 15.8 Å². The zero-order valence-corrected chi connectivity index (χ0v) is 14.7. The van der Waals surface area contributed by atoms with Crippen molar-refractivity contribution in [3.05, 3.63) is 73.1 Å². The van der Waals surface area contributed by atoms with Crippen molar-refractivity contribution >= 4 is 23.2 Å². The van der Waals surface area contributed by atoms with Crippen molar-refractivity contribution < 1.29 is 18.9 Å². The van der Waals surface area contributed by atoms with Crippen molar-refractivity contribution in [2.45, 2.75) is 0 Å². The molecule has 2 aromatic rings. The summed E-state index contributed by atoms with van der Waals surface area (Å²) < 4.78 is 13.2. The normalized spacial score (nSPS) is 11.5. The Morgan fingerprint density at radius 3 is 2.54 bits per heavy atom. The van der Waals surface area contributed by atoms with E-state index in [9.17, 15) is 14.0 Å². The number of anilines is 2. The Bertz CT molecular complexity index is 765. The molecule has 0 aliphatic heterocycles. The number of hydrogen-bond acceptors (Lipinski definition) is 2. The molecule has 1 atom stereocenters. The summed E-state index contributed by atoms with van der Waals surface area (Å²) >= 11 is 0. The van der Waals surface area contributed by atoms with Crippen LogP contribution in [0.2, 0.25) is 0 Å². The average Bonchev–Trinajstić information content (AvgIpc) is 2.60. The van der Waals surface area contributed by atoms with Gasteiger partial charge < -0.3 is 15.1 Å². The molecule has 1 unspecified atom stereocenters. The molecule has 26 heavy (non-hydrogen) atoms. The molecule has 0 aromatic heterocycles. The van der Waals surface area contributed by atoms with Gasteiger partial charge in [-0.1, -0.05) is 30.3 Å². The minimum absolute atomic E-state index is 0.0962. The maximum atomic E-state index is 13.2. The number of halogens is 1. The minimum atomic E-state index is -0.415. The number of amides is 2. The fourth-order valence-corrected chi connectivity index (χ4v) is 2.55. The van der Waals surface area contributed by atoms with Gasteiger partial charge >= 0.3 is 0 Å². The molecule has 0 bridgehead atoms. The molecule has 2 rings (SSSR count). The second-order valence-electron chi connectivity index (χ2n) is 6.00. The molecule has 0 saturated carbocycles. The summed E-state index contributed by atoms with van der Waals surface area (Å²) in [6.07, 6.45) is 1.66. The fourth-order valence-electron chi connectivity index (χ4n) is 2.55. The van der Waals surface area contributed by atoms with Gasteiger partial charge in [0.05, 0.1) is 7.05 Å². The molecule has 0 aliphatic carbocycles. The molecule has 6 heteroatoms. The average molecular weight is 356 g/mol. The predicted molar refractivity (Wildman–Crippen MR) is 101 cm³/mol. The van der Waals surface area contributed by atoms with Crippen LogP contribution in [0, 0.1) is 5.82 Å². The number of nitrogens with zero attached hydrogens (tertiary/aromatic N) is 1. The van der Waals surface area contributed by atoms with E-state index in [0.29, 0.717) is 12.2 Å². The highest BCUT2D eigenvalue weighted by atomic mass is 19.1. The first-order valence-corrected chi connectivity index (χ1v) is 8.32. The number of nitrogens with one attached hydrogen (secondary N) is 2. The highest BCUT2D eigenvalue weighted by molar-refractivity contribution is 5.95. The van der Waals surface area contributed by atoms with Crippen LogP contribution in [-0.4, -0.2) is 38.5 Å². The summed E-state index contributed by atoms with van der Waals surface area (Å²) in [7, 11) is 1.76. The van der Waals surface area contributed by atoms with E-state index in [0.717, 1.165) is 10.6 Å². The monoisotopic (exact) mass is 356 g/mol. The lowest BCUT2D eigenvalue weighted by Crippen LogP contribution is -3.11. The lowest BCUT2D eigenvalue weighted by atomic mass is 10.2. The lowest BCUT2D eigenvalue weighted by Gasteiger charge is -2.23. The second kappa shape index (κ2) is 9.48. The molecule has 0 radical (unpaired) electrons. The zero-order chi connectivity index (χ0) is 18.9. The number of rotatable bonds is 8. The number of carbonyl (C=O) groups excluding carboxylic acids is 2. The van der Waals surface area contributed by atoms with Gasteiger partial charge in [-0.2, -0.15) is 0 Å². The number of carbonyl (C=O) groups is 2. The molecule has 5 nitrogen and oxygen atoms in total. The number of likely N-dealkylation sites (N-methyl/N-ethyl adjacent to an activating group) is 1. The van der Waals surface area contributed by atoms with Gasteiger partial charge in [-0.3, -0.25) is 9.59 Å². The number of hydrogen-bond donors (Lipinski definition) is 2. The molecule has 0 spiro atoms. The third kappa shape index (κ3) is 5.82. The molecule has 0 aliphatic rings. The third-order valence-electron chi connectivity index (χ3n) is 3.70. The standard InChI is InChI=1S/C20H22FN3O2/c1-3-12-24(18-10-5-4-6-11-18)20(26)15-23(2)14-19(25)22-17-9-7-8-16(21)13-17/h3-11,13H,1,12,14-15H2,2H3,(H,22,25)/p+1. The zero-order valence-electron chi connectivity index (χ0n) is 14.7. The fraction of sp³-hybridized carbons (Fsp3) is 0.200. The van der Waals surface area contributed by atoms with Crippen molar-refractivity contribution in [3.63, 3.8) is 0 Å². The van der Waals surface area contributed by atoms with E-state index in [1.807, 2.05) is 30.3 Å². The van der Waals surface area contributed by atoms with E-state index < -0.39 is 5.82 Å². The lowest BCUT2D eigenvalue weighted by molar-refractivity contribution is -0.862. The summed E-state index contributed by atoms with van der Waals surface area (Å²) in [5.41, 5.74) is 1.18. The Kier molecular flexibility index (Phi) is 7.05. The van der Waals surface area contributed by atoms with Crippen LogP contribution in [0.5, 0.6) is 0 Å². The molecule has 2 aromatic carbocycles. The summed E-state index contributed by atoms with van der Waals surface area (Å²) in [5, 5.41) is 2.63. The van der Waals surface area contributed by atoms with Crippen molar-refractivity contribution in [3.8, 4) is 0 Å². The first-order valence-electron chi connectivity index (χ1n) is 8.32. The highest BCUT2D eigenvalue weighted by Gasteiger charge is 2.20. The van der Waals surface area contributed by atoms with Gasteiger partial charge in [-0.05, 0) is 30.3 Å². The molecule has 0 fully saturated rings. The van der Waals surface area contributed by atoms with E-state index in [1.54, 1.807) is 24.1 Å². The molecular weight excluding hydrogens is 333 g/mol. The molecule has 0 heterocycles. The maximum Gasteiger partial charge on any atom is 0.282 e. The summed E-state index contributed by atoms with van der Waals surface area (Å²) in [6.45, 7) is 4.34. The van der Waals surface area contributed by atoms with Crippen LogP contribution >= 0.6 is 0 Å². The van der Waals surface area contributed by atoms with Gasteiger partial charge in [0.25, 0.3) is 11.8 Å². The van der Waals surface area contributed by atoms with Crippen LogP contribution < -0.4 is 15.1 Å². The van der Waals surface area contributed by atoms with Gasteiger partial charge in [0.15, 0.2) is 13.1 Å². The van der Waals surface area contributed by atoms with Gasteiger partial charge in [0, 0.05) is 17.9 Å². The number of para-hydroxylation sites is 1. The Balaban J connectivity index is 1.92. The molecule has 136 valence electrons. The molecule has 2 N–H and O–H groups in total. The van der Waals surface area contributed by atoms with Gasteiger partial charge in [-0.25, -0.2) is 4.39 Å². The van der Waals surface area contributed by atoms with E-state index in [-0.39, 0.29) is 24.9 Å². The predicted octanol–water partition coefficient (Wildman–Crippen LogP) is 1.50. The van der Waals surface area contributed by atoms with Crippen molar-refractivity contribution in [2.75, 3.05) is 36.9 Å². The molecule has 0 saturated heterocycles. The van der Waals surface area contributed by atoms with Crippen LogP contribution in [-0.2, 0) is 9.59 Å². The third-order valence-corrected chi connectivity index (χ3v) is 3.70.